The number of nitrogens with zero attached hydrogens (tertiary/aromatic N) is 4. The van der Waals surface area contributed by atoms with E-state index in [2.05, 4.69) is 0 Å². The van der Waals surface area contributed by atoms with Crippen molar-refractivity contribution in [3.8, 4) is 0 Å². The number of sulfonamides is 1. The number of carbonyl (C=O) groups excluding carboxylic acids is 1. The summed E-state index contributed by atoms with van der Waals surface area (Å²) in [6.07, 6.45) is 3.08. The quantitative estimate of drug-likeness (QED) is 0.721. The summed E-state index contributed by atoms with van der Waals surface area (Å²) in [6.45, 7) is 4.50. The number of hydrogen-bond donors (Lipinski definition) is 0. The zero-order valence-corrected chi connectivity index (χ0v) is 18.9. The van der Waals surface area contributed by atoms with E-state index in [1.165, 1.54) is 16.4 Å². The summed E-state index contributed by atoms with van der Waals surface area (Å²) >= 11 is 0. The highest BCUT2D eigenvalue weighted by molar-refractivity contribution is 7.89. The summed E-state index contributed by atoms with van der Waals surface area (Å²) in [7, 11) is -2.02. The molecule has 0 N–H and O–H groups in total. The van der Waals surface area contributed by atoms with Crippen molar-refractivity contribution in [2.45, 2.75) is 31.1 Å². The molecule has 2 aromatic rings. The van der Waals surface area contributed by atoms with E-state index in [0.717, 1.165) is 19.3 Å². The lowest BCUT2D eigenvalue weighted by Crippen LogP contribution is -2.49. The van der Waals surface area contributed by atoms with Gasteiger partial charge in [0.15, 0.2) is 0 Å². The van der Waals surface area contributed by atoms with E-state index in [9.17, 15) is 17.6 Å². The van der Waals surface area contributed by atoms with Gasteiger partial charge in [0.05, 0.1) is 5.69 Å². The van der Waals surface area contributed by atoms with Crippen LogP contribution in [0, 0.1) is 12.7 Å². The topological polar surface area (TPSA) is 65.9 Å². The first-order valence-corrected chi connectivity index (χ1v) is 12.2. The van der Waals surface area contributed by atoms with Crippen molar-refractivity contribution in [3.05, 3.63) is 47.5 Å². The van der Waals surface area contributed by atoms with Crippen LogP contribution in [0.3, 0.4) is 0 Å². The van der Waals surface area contributed by atoms with Crippen LogP contribution in [0.1, 0.15) is 35.4 Å². The molecule has 168 valence electrons. The molecule has 1 amide bonds. The fourth-order valence-electron chi connectivity index (χ4n) is 4.41. The molecule has 0 aliphatic carbocycles. The molecule has 0 bridgehead atoms. The van der Waals surface area contributed by atoms with Gasteiger partial charge in [0.1, 0.15) is 16.4 Å². The van der Waals surface area contributed by atoms with Crippen LogP contribution in [0.2, 0.25) is 0 Å². The minimum atomic E-state index is -3.75. The minimum Gasteiger partial charge on any atom is -0.367 e. The van der Waals surface area contributed by atoms with E-state index in [1.54, 1.807) is 36.7 Å². The third-order valence-electron chi connectivity index (χ3n) is 6.40. The smallest absolute Gasteiger partial charge is 0.270 e. The third kappa shape index (κ3) is 4.08. The van der Waals surface area contributed by atoms with E-state index in [1.807, 2.05) is 9.80 Å². The molecule has 31 heavy (non-hydrogen) atoms. The molecule has 1 aromatic heterocycles. The average Bonchev–Trinajstić information content (AvgIpc) is 3.09. The van der Waals surface area contributed by atoms with Crippen molar-refractivity contribution in [1.29, 1.82) is 0 Å². The first kappa shape index (κ1) is 21.8. The summed E-state index contributed by atoms with van der Waals surface area (Å²) in [4.78, 5) is 16.8. The lowest BCUT2D eigenvalue weighted by Gasteiger charge is -2.35. The molecule has 0 unspecified atom stereocenters. The number of para-hydroxylation sites is 1. The van der Waals surface area contributed by atoms with Gasteiger partial charge in [-0.25, -0.2) is 12.8 Å². The number of piperidine rings is 1. The second-order valence-electron chi connectivity index (χ2n) is 8.23. The number of piperazine rings is 1. The lowest BCUT2D eigenvalue weighted by atomic mass is 10.1. The second kappa shape index (κ2) is 8.63. The van der Waals surface area contributed by atoms with Gasteiger partial charge in [-0.3, -0.25) is 4.79 Å². The molecule has 4 rings (SSSR count). The van der Waals surface area contributed by atoms with E-state index in [4.69, 9.17) is 0 Å². The molecule has 7 nitrogen and oxygen atoms in total. The summed E-state index contributed by atoms with van der Waals surface area (Å²) in [5.74, 6) is -0.422. The number of amides is 1. The Hall–Kier alpha value is -2.39. The summed E-state index contributed by atoms with van der Waals surface area (Å²) in [6, 6.07) is 8.05. The van der Waals surface area contributed by atoms with Crippen LogP contribution in [-0.4, -0.2) is 67.4 Å². The Morgan fingerprint density at radius 1 is 0.968 bits per heavy atom. The monoisotopic (exact) mass is 448 g/mol. The summed E-state index contributed by atoms with van der Waals surface area (Å²) < 4.78 is 44.0. The lowest BCUT2D eigenvalue weighted by molar-refractivity contribution is 0.0714. The van der Waals surface area contributed by atoms with Crippen molar-refractivity contribution in [2.75, 3.05) is 44.2 Å². The highest BCUT2D eigenvalue weighted by Gasteiger charge is 2.33. The number of rotatable bonds is 4. The number of carbonyl (C=O) groups is 1. The molecule has 2 fully saturated rings. The number of halogens is 1. The van der Waals surface area contributed by atoms with E-state index < -0.39 is 10.0 Å². The number of benzene rings is 1. The van der Waals surface area contributed by atoms with Gasteiger partial charge in [-0.2, -0.15) is 4.31 Å². The predicted octanol–water partition coefficient (Wildman–Crippen LogP) is 2.61. The molecule has 3 heterocycles. The maximum atomic E-state index is 14.1. The van der Waals surface area contributed by atoms with Crippen molar-refractivity contribution < 1.29 is 17.6 Å². The molecule has 0 atom stereocenters. The number of anilines is 1. The van der Waals surface area contributed by atoms with E-state index >= 15 is 0 Å². The molecule has 0 spiro atoms. The van der Waals surface area contributed by atoms with Gasteiger partial charge in [-0.15, -0.1) is 0 Å². The second-order valence-corrected chi connectivity index (χ2v) is 10.1. The molecule has 0 radical (unpaired) electrons. The van der Waals surface area contributed by atoms with Gasteiger partial charge < -0.3 is 14.4 Å². The van der Waals surface area contributed by atoms with Crippen molar-refractivity contribution in [2.24, 2.45) is 7.05 Å². The Morgan fingerprint density at radius 2 is 1.61 bits per heavy atom. The van der Waals surface area contributed by atoms with E-state index in [-0.39, 0.29) is 29.7 Å². The van der Waals surface area contributed by atoms with Gasteiger partial charge >= 0.3 is 0 Å². The van der Waals surface area contributed by atoms with Crippen molar-refractivity contribution >= 4 is 21.6 Å². The Morgan fingerprint density at radius 3 is 2.26 bits per heavy atom. The zero-order valence-electron chi connectivity index (χ0n) is 18.1. The van der Waals surface area contributed by atoms with Crippen molar-refractivity contribution in [3.63, 3.8) is 0 Å². The zero-order chi connectivity index (χ0) is 22.2. The normalized spacial score (nSPS) is 18.4. The number of likely N-dealkylation sites (tertiary alicyclic amines) is 1. The fourth-order valence-corrected chi connectivity index (χ4v) is 6.11. The summed E-state index contributed by atoms with van der Waals surface area (Å²) in [5.41, 5.74) is 1.45. The largest absolute Gasteiger partial charge is 0.367 e. The standard InChI is InChI=1S/C22H29FN4O3S/c1-17-21(16-20(24(17)2)22(28)26-10-6-3-7-11-26)31(29,30)27-14-12-25(13-15-27)19-9-5-4-8-18(19)23/h4-5,8-9,16H,3,6-7,10-15H2,1-2H3. The predicted molar refractivity (Wildman–Crippen MR) is 117 cm³/mol. The minimum absolute atomic E-state index is 0.115. The van der Waals surface area contributed by atoms with Crippen LogP contribution in [0.5, 0.6) is 0 Å². The van der Waals surface area contributed by atoms with Crippen molar-refractivity contribution in [1.82, 2.24) is 13.8 Å². The molecule has 2 aliphatic rings. The van der Waals surface area contributed by atoms with Crippen LogP contribution in [0.4, 0.5) is 10.1 Å². The first-order chi connectivity index (χ1) is 14.8. The first-order valence-electron chi connectivity index (χ1n) is 10.8. The molecule has 9 heteroatoms. The van der Waals surface area contributed by atoms with Gasteiger partial charge in [-0.05, 0) is 44.4 Å². The van der Waals surface area contributed by atoms with Crippen LogP contribution in [0.15, 0.2) is 35.2 Å². The van der Waals surface area contributed by atoms with Crippen LogP contribution in [0.25, 0.3) is 0 Å². The highest BCUT2D eigenvalue weighted by atomic mass is 32.2. The maximum absolute atomic E-state index is 14.1. The third-order valence-corrected chi connectivity index (χ3v) is 8.41. The number of hydrogen-bond acceptors (Lipinski definition) is 4. The Bertz CT molecular complexity index is 1070. The summed E-state index contributed by atoms with van der Waals surface area (Å²) in [5, 5.41) is 0. The molecule has 2 aliphatic heterocycles. The Labute approximate surface area is 183 Å². The average molecular weight is 449 g/mol. The van der Waals surface area contributed by atoms with Gasteiger partial charge in [0.25, 0.3) is 5.91 Å². The fraction of sp³-hybridized carbons (Fsp3) is 0.500. The Balaban J connectivity index is 1.53. The van der Waals surface area contributed by atoms with Crippen LogP contribution < -0.4 is 4.90 Å². The van der Waals surface area contributed by atoms with Gasteiger partial charge in [0, 0.05) is 52.0 Å². The van der Waals surface area contributed by atoms with Gasteiger partial charge in [0.2, 0.25) is 10.0 Å². The Kier molecular flexibility index (Phi) is 6.07. The molecule has 0 saturated carbocycles. The van der Waals surface area contributed by atoms with E-state index in [0.29, 0.717) is 43.3 Å². The molecule has 1 aromatic carbocycles. The SMILES string of the molecule is Cc1c(S(=O)(=O)N2CCN(c3ccccc3F)CC2)cc(C(=O)N2CCCCC2)n1C. The highest BCUT2D eigenvalue weighted by Crippen LogP contribution is 2.27. The van der Waals surface area contributed by atoms with Crippen LogP contribution in [-0.2, 0) is 17.1 Å². The number of aromatic nitrogens is 1. The molecule has 2 saturated heterocycles. The van der Waals surface area contributed by atoms with Gasteiger partial charge in [-0.1, -0.05) is 12.1 Å². The molecular formula is C22H29FN4O3S. The molecular weight excluding hydrogens is 419 g/mol. The van der Waals surface area contributed by atoms with Crippen LogP contribution >= 0.6 is 0 Å². The maximum Gasteiger partial charge on any atom is 0.270 e.